The number of carboxylic acid groups (broad SMARTS) is 1. The third-order valence-corrected chi connectivity index (χ3v) is 4.97. The molecule has 3 rings (SSSR count). The molecular formula is C19H17NO5S. The normalized spacial score (nSPS) is 11.5. The molecule has 0 bridgehead atoms. The summed E-state index contributed by atoms with van der Waals surface area (Å²) in [6.07, 6.45) is 0.805. The van der Waals surface area contributed by atoms with Gasteiger partial charge < -0.3 is 9.52 Å². The van der Waals surface area contributed by atoms with Crippen molar-refractivity contribution >= 4 is 15.8 Å². The van der Waals surface area contributed by atoms with Gasteiger partial charge in [0.25, 0.3) is 0 Å². The molecule has 0 unspecified atom stereocenters. The molecule has 1 aromatic heterocycles. The minimum absolute atomic E-state index is 0.0928. The Morgan fingerprint density at radius 3 is 2.15 bits per heavy atom. The van der Waals surface area contributed by atoms with Crippen LogP contribution in [0.1, 0.15) is 11.5 Å². The first-order valence-electron chi connectivity index (χ1n) is 7.83. The third kappa shape index (κ3) is 3.83. The zero-order chi connectivity index (χ0) is 18.9. The number of sulfone groups is 1. The minimum atomic E-state index is -3.30. The van der Waals surface area contributed by atoms with Crippen molar-refractivity contribution in [3.63, 3.8) is 0 Å². The van der Waals surface area contributed by atoms with Crippen molar-refractivity contribution in [3.8, 4) is 22.6 Å². The van der Waals surface area contributed by atoms with Crippen molar-refractivity contribution in [2.45, 2.75) is 18.2 Å². The number of hydrogen-bond donors (Lipinski definition) is 1. The topological polar surface area (TPSA) is 97.5 Å². The Hall–Kier alpha value is -2.93. The summed E-state index contributed by atoms with van der Waals surface area (Å²) in [5.41, 5.74) is 3.02. The van der Waals surface area contributed by atoms with Crippen LogP contribution in [-0.4, -0.2) is 30.7 Å². The van der Waals surface area contributed by atoms with E-state index >= 15 is 0 Å². The van der Waals surface area contributed by atoms with Crippen molar-refractivity contribution < 1.29 is 22.7 Å². The van der Waals surface area contributed by atoms with Crippen LogP contribution in [0.25, 0.3) is 22.6 Å². The maximum atomic E-state index is 11.6. The van der Waals surface area contributed by atoms with E-state index < -0.39 is 15.8 Å². The van der Waals surface area contributed by atoms with Crippen LogP contribution in [0.15, 0.2) is 57.8 Å². The number of hydrogen-bond acceptors (Lipinski definition) is 5. The molecule has 0 saturated carbocycles. The van der Waals surface area contributed by atoms with E-state index in [-0.39, 0.29) is 17.2 Å². The van der Waals surface area contributed by atoms with Gasteiger partial charge in [0, 0.05) is 17.4 Å². The molecule has 0 amide bonds. The number of rotatable bonds is 5. The van der Waals surface area contributed by atoms with Gasteiger partial charge in [-0.25, -0.2) is 13.4 Å². The molecule has 2 aromatic carbocycles. The highest BCUT2D eigenvalue weighted by molar-refractivity contribution is 7.90. The largest absolute Gasteiger partial charge is 0.481 e. The predicted octanol–water partition coefficient (Wildman–Crippen LogP) is 3.35. The Labute approximate surface area is 151 Å². The van der Waals surface area contributed by atoms with Crippen molar-refractivity contribution in [2.24, 2.45) is 0 Å². The second kappa shape index (κ2) is 6.76. The number of oxazole rings is 1. The number of aliphatic carboxylic acids is 1. The first-order chi connectivity index (χ1) is 12.2. The predicted molar refractivity (Wildman–Crippen MR) is 96.6 cm³/mol. The molecule has 0 spiro atoms. The fraction of sp³-hybridized carbons (Fsp3) is 0.158. The standard InChI is InChI=1S/C19H17NO5S/c1-12-3-5-13(6-4-12)18-19(25-16(20-18)11-17(21)22)14-7-9-15(10-8-14)26(2,23)24/h3-10H,11H2,1-2H3,(H,21,22). The maximum absolute atomic E-state index is 11.6. The number of benzene rings is 2. The van der Waals surface area contributed by atoms with E-state index in [1.807, 2.05) is 31.2 Å². The summed E-state index contributed by atoms with van der Waals surface area (Å²) in [7, 11) is -3.30. The highest BCUT2D eigenvalue weighted by atomic mass is 32.2. The first kappa shape index (κ1) is 17.9. The lowest BCUT2D eigenvalue weighted by Gasteiger charge is -2.04. The van der Waals surface area contributed by atoms with Gasteiger partial charge in [-0.1, -0.05) is 29.8 Å². The summed E-state index contributed by atoms with van der Waals surface area (Å²) in [5.74, 6) is -0.541. The Balaban J connectivity index is 2.11. The molecule has 7 heteroatoms. The van der Waals surface area contributed by atoms with Gasteiger partial charge >= 0.3 is 5.97 Å². The van der Waals surface area contributed by atoms with Crippen LogP contribution < -0.4 is 0 Å². The van der Waals surface area contributed by atoms with E-state index in [9.17, 15) is 13.2 Å². The van der Waals surface area contributed by atoms with Gasteiger partial charge in [0.2, 0.25) is 5.89 Å². The molecule has 0 fully saturated rings. The van der Waals surface area contributed by atoms with Crippen LogP contribution in [0.5, 0.6) is 0 Å². The van der Waals surface area contributed by atoms with E-state index in [0.717, 1.165) is 17.4 Å². The van der Waals surface area contributed by atoms with E-state index in [2.05, 4.69) is 4.98 Å². The van der Waals surface area contributed by atoms with Gasteiger partial charge in [-0.3, -0.25) is 4.79 Å². The zero-order valence-electron chi connectivity index (χ0n) is 14.3. The van der Waals surface area contributed by atoms with Crippen LogP contribution in [0.4, 0.5) is 0 Å². The average molecular weight is 371 g/mol. The Kier molecular flexibility index (Phi) is 4.65. The molecule has 0 aliphatic rings. The smallest absolute Gasteiger partial charge is 0.312 e. The van der Waals surface area contributed by atoms with E-state index in [0.29, 0.717) is 17.0 Å². The van der Waals surface area contributed by atoms with Crippen LogP contribution >= 0.6 is 0 Å². The number of carboxylic acids is 1. The Morgan fingerprint density at radius 2 is 1.62 bits per heavy atom. The molecule has 0 aliphatic carbocycles. The van der Waals surface area contributed by atoms with Gasteiger partial charge in [-0.15, -0.1) is 0 Å². The van der Waals surface area contributed by atoms with E-state index in [1.165, 1.54) is 12.1 Å². The molecule has 0 aliphatic heterocycles. The quantitative estimate of drug-likeness (QED) is 0.739. The zero-order valence-corrected chi connectivity index (χ0v) is 15.1. The summed E-state index contributed by atoms with van der Waals surface area (Å²) >= 11 is 0. The number of aromatic nitrogens is 1. The second-order valence-electron chi connectivity index (χ2n) is 6.02. The number of carbonyl (C=O) groups is 1. The molecule has 6 nitrogen and oxygen atoms in total. The summed E-state index contributed by atoms with van der Waals surface area (Å²) < 4.78 is 28.9. The Bertz CT molecular complexity index is 1050. The van der Waals surface area contributed by atoms with Crippen LogP contribution in [0.2, 0.25) is 0 Å². The number of aryl methyl sites for hydroxylation is 1. The van der Waals surface area contributed by atoms with E-state index in [1.54, 1.807) is 12.1 Å². The molecule has 1 heterocycles. The lowest BCUT2D eigenvalue weighted by Crippen LogP contribution is -1.99. The highest BCUT2D eigenvalue weighted by Crippen LogP contribution is 2.33. The lowest BCUT2D eigenvalue weighted by atomic mass is 10.0. The monoisotopic (exact) mass is 371 g/mol. The summed E-state index contributed by atoms with van der Waals surface area (Å²) in [5, 5.41) is 9.00. The van der Waals surface area contributed by atoms with Gasteiger partial charge in [0.05, 0.1) is 4.90 Å². The third-order valence-electron chi connectivity index (χ3n) is 3.84. The van der Waals surface area contributed by atoms with Gasteiger partial charge in [0.15, 0.2) is 15.6 Å². The Morgan fingerprint density at radius 1 is 1.04 bits per heavy atom. The van der Waals surface area contributed by atoms with Crippen LogP contribution in [-0.2, 0) is 21.1 Å². The van der Waals surface area contributed by atoms with Crippen molar-refractivity contribution in [2.75, 3.05) is 6.26 Å². The van der Waals surface area contributed by atoms with Crippen molar-refractivity contribution in [1.82, 2.24) is 4.98 Å². The van der Waals surface area contributed by atoms with Crippen LogP contribution in [0, 0.1) is 6.92 Å². The fourth-order valence-corrected chi connectivity index (χ4v) is 3.16. The molecule has 0 radical (unpaired) electrons. The molecular weight excluding hydrogens is 354 g/mol. The van der Waals surface area contributed by atoms with Crippen LogP contribution in [0.3, 0.4) is 0 Å². The molecule has 26 heavy (non-hydrogen) atoms. The summed E-state index contributed by atoms with van der Waals surface area (Å²) in [6, 6.07) is 13.8. The molecule has 134 valence electrons. The SMILES string of the molecule is Cc1ccc(-c2nc(CC(=O)O)oc2-c2ccc(S(C)(=O)=O)cc2)cc1. The minimum Gasteiger partial charge on any atom is -0.481 e. The summed E-state index contributed by atoms with van der Waals surface area (Å²) in [4.78, 5) is 15.5. The number of nitrogens with zero attached hydrogens (tertiary/aromatic N) is 1. The lowest BCUT2D eigenvalue weighted by molar-refractivity contribution is -0.136. The maximum Gasteiger partial charge on any atom is 0.312 e. The van der Waals surface area contributed by atoms with E-state index in [4.69, 9.17) is 9.52 Å². The first-order valence-corrected chi connectivity index (χ1v) is 9.72. The fourth-order valence-electron chi connectivity index (χ4n) is 2.53. The molecule has 0 atom stereocenters. The van der Waals surface area contributed by atoms with Crippen molar-refractivity contribution in [1.29, 1.82) is 0 Å². The molecule has 0 saturated heterocycles. The molecule has 3 aromatic rings. The van der Waals surface area contributed by atoms with Gasteiger partial charge in [-0.05, 0) is 31.2 Å². The summed E-state index contributed by atoms with van der Waals surface area (Å²) in [6.45, 7) is 1.97. The highest BCUT2D eigenvalue weighted by Gasteiger charge is 2.19. The average Bonchev–Trinajstić information content (AvgIpc) is 2.98. The van der Waals surface area contributed by atoms with Gasteiger partial charge in [0.1, 0.15) is 12.1 Å². The second-order valence-corrected chi connectivity index (χ2v) is 8.03. The van der Waals surface area contributed by atoms with Crippen molar-refractivity contribution in [3.05, 3.63) is 60.0 Å². The van der Waals surface area contributed by atoms with Gasteiger partial charge in [-0.2, -0.15) is 0 Å². The molecule has 1 N–H and O–H groups in total.